The number of nitrogens with two attached hydrogens (primary N) is 2. The van der Waals surface area contributed by atoms with Gasteiger partial charge >= 0.3 is 0 Å². The lowest BCUT2D eigenvalue weighted by Gasteiger charge is -2.39. The lowest BCUT2D eigenvalue weighted by Crippen LogP contribution is -2.47. The molecule has 3 aliphatic heterocycles. The number of nitrogens with zero attached hydrogens (tertiary/aromatic N) is 5. The Kier molecular flexibility index (Phi) is 6.11. The van der Waals surface area contributed by atoms with Crippen LogP contribution in [0.1, 0.15) is 32.1 Å². The number of hydrogen-bond acceptors (Lipinski definition) is 8. The van der Waals surface area contributed by atoms with Crippen molar-refractivity contribution in [3.8, 4) is 6.07 Å². The summed E-state index contributed by atoms with van der Waals surface area (Å²) in [6.45, 7) is 2.12. The van der Waals surface area contributed by atoms with Gasteiger partial charge in [0.1, 0.15) is 11.7 Å². The summed E-state index contributed by atoms with van der Waals surface area (Å²) in [5.74, 6) is 1.81. The molecule has 2 aromatic heterocycles. The SMILES string of the molecule is N#CCCN1[C@@H]2CC[C@H]1CC(Nc1nc(N=C(N)/C=C(\N)C3COC3)cc3ncccc13)C2. The number of nitriles is 1. The molecule has 5 N–H and O–H groups in total. The second kappa shape index (κ2) is 9.33. The molecule has 5 heterocycles. The molecule has 9 nitrogen and oxygen atoms in total. The molecular weight excluding hydrogens is 416 g/mol. The zero-order valence-electron chi connectivity index (χ0n) is 18.7. The van der Waals surface area contributed by atoms with Gasteiger partial charge in [0.25, 0.3) is 0 Å². The van der Waals surface area contributed by atoms with Crippen molar-refractivity contribution in [2.75, 3.05) is 25.1 Å². The van der Waals surface area contributed by atoms with Crippen molar-refractivity contribution in [3.63, 3.8) is 0 Å². The van der Waals surface area contributed by atoms with Gasteiger partial charge in [0.15, 0.2) is 5.82 Å². The summed E-state index contributed by atoms with van der Waals surface area (Å²) in [5.41, 5.74) is 13.7. The highest BCUT2D eigenvalue weighted by atomic mass is 16.5. The van der Waals surface area contributed by atoms with E-state index in [1.54, 1.807) is 12.3 Å². The van der Waals surface area contributed by atoms with Crippen LogP contribution >= 0.6 is 0 Å². The van der Waals surface area contributed by atoms with Crippen molar-refractivity contribution in [1.29, 1.82) is 5.26 Å². The Morgan fingerprint density at radius 1 is 1.30 bits per heavy atom. The smallest absolute Gasteiger partial charge is 0.158 e. The molecule has 33 heavy (non-hydrogen) atoms. The molecule has 2 bridgehead atoms. The van der Waals surface area contributed by atoms with Crippen LogP contribution in [0.2, 0.25) is 0 Å². The van der Waals surface area contributed by atoms with Gasteiger partial charge in [0.05, 0.1) is 24.8 Å². The number of hydrogen-bond donors (Lipinski definition) is 3. The standard InChI is InChI=1S/C24H30N8O/c25-6-2-8-32-17-4-5-18(32)10-16(9-17)29-24-19-3-1-7-28-21(19)12-23(31-24)30-22(27)11-20(26)15-13-33-14-15/h1,3,7,11-12,15-18H,2,4-5,8-10,13-14,26H2,(H3,27,29,30,31)/b20-11-/t16?,17-,18+. The fourth-order valence-electron chi connectivity index (χ4n) is 5.24. The Bertz CT molecular complexity index is 1110. The number of rotatable bonds is 7. The minimum Gasteiger partial charge on any atom is -0.402 e. The number of pyridine rings is 2. The van der Waals surface area contributed by atoms with Crippen LogP contribution in [0.25, 0.3) is 10.9 Å². The predicted octanol–water partition coefficient (Wildman–Crippen LogP) is 2.43. The Hall–Kier alpha value is -3.22. The first-order chi connectivity index (χ1) is 16.1. The van der Waals surface area contributed by atoms with E-state index >= 15 is 0 Å². The van der Waals surface area contributed by atoms with Crippen molar-refractivity contribution >= 4 is 28.4 Å². The van der Waals surface area contributed by atoms with E-state index in [9.17, 15) is 0 Å². The third-order valence-electron chi connectivity index (χ3n) is 6.96. The molecule has 3 saturated heterocycles. The first kappa shape index (κ1) is 21.6. The van der Waals surface area contributed by atoms with Gasteiger partial charge in [0, 0.05) is 60.4 Å². The van der Waals surface area contributed by atoms with Crippen molar-refractivity contribution in [1.82, 2.24) is 14.9 Å². The highest BCUT2D eigenvalue weighted by molar-refractivity contribution is 5.95. The molecule has 3 fully saturated rings. The number of aromatic nitrogens is 2. The molecule has 2 aromatic rings. The summed E-state index contributed by atoms with van der Waals surface area (Å²) in [6, 6.07) is 9.46. The number of nitrogens with one attached hydrogen (secondary N) is 1. The van der Waals surface area contributed by atoms with Crippen LogP contribution in [0.4, 0.5) is 11.6 Å². The van der Waals surface area contributed by atoms with Gasteiger partial charge in [-0.05, 0) is 43.9 Å². The molecule has 5 rings (SSSR count). The van der Waals surface area contributed by atoms with E-state index in [-0.39, 0.29) is 5.92 Å². The van der Waals surface area contributed by atoms with Crippen LogP contribution in [0, 0.1) is 17.2 Å². The van der Waals surface area contributed by atoms with E-state index in [2.05, 4.69) is 26.3 Å². The van der Waals surface area contributed by atoms with Gasteiger partial charge in [-0.1, -0.05) is 0 Å². The second-order valence-electron chi connectivity index (χ2n) is 9.16. The monoisotopic (exact) mass is 446 g/mol. The average Bonchev–Trinajstić information content (AvgIpc) is 2.98. The van der Waals surface area contributed by atoms with Crippen molar-refractivity contribution in [2.45, 2.75) is 50.2 Å². The van der Waals surface area contributed by atoms with Gasteiger partial charge < -0.3 is 21.5 Å². The number of ether oxygens (including phenoxy) is 1. The molecule has 172 valence electrons. The van der Waals surface area contributed by atoms with E-state index < -0.39 is 0 Å². The normalized spacial score (nSPS) is 26.2. The van der Waals surface area contributed by atoms with Gasteiger partial charge in [-0.25, -0.2) is 9.98 Å². The van der Waals surface area contributed by atoms with Crippen LogP contribution in [-0.4, -0.2) is 58.6 Å². The van der Waals surface area contributed by atoms with Gasteiger partial charge in [-0.2, -0.15) is 5.26 Å². The molecule has 3 aliphatic rings. The summed E-state index contributed by atoms with van der Waals surface area (Å²) in [7, 11) is 0. The molecule has 0 saturated carbocycles. The van der Waals surface area contributed by atoms with E-state index in [1.165, 1.54) is 12.8 Å². The first-order valence-electron chi connectivity index (χ1n) is 11.6. The van der Waals surface area contributed by atoms with Crippen LogP contribution < -0.4 is 16.8 Å². The van der Waals surface area contributed by atoms with Gasteiger partial charge in [-0.3, -0.25) is 9.88 Å². The summed E-state index contributed by atoms with van der Waals surface area (Å²) < 4.78 is 5.19. The highest BCUT2D eigenvalue weighted by Crippen LogP contribution is 2.37. The number of piperidine rings is 1. The molecule has 1 unspecified atom stereocenters. The molecule has 0 spiro atoms. The minimum atomic E-state index is 0.205. The van der Waals surface area contributed by atoms with Crippen LogP contribution in [0.3, 0.4) is 0 Å². The van der Waals surface area contributed by atoms with Crippen molar-refractivity contribution in [2.24, 2.45) is 22.4 Å². The molecule has 3 atom stereocenters. The maximum atomic E-state index is 8.98. The topological polar surface area (TPSA) is 138 Å². The lowest BCUT2D eigenvalue weighted by atomic mass is 9.97. The largest absolute Gasteiger partial charge is 0.402 e. The van der Waals surface area contributed by atoms with Gasteiger partial charge in [0.2, 0.25) is 0 Å². The molecule has 0 aliphatic carbocycles. The van der Waals surface area contributed by atoms with Crippen LogP contribution in [0.5, 0.6) is 0 Å². The maximum absolute atomic E-state index is 8.98. The fraction of sp³-hybridized carbons (Fsp3) is 0.500. The first-order valence-corrected chi connectivity index (χ1v) is 11.6. The van der Waals surface area contributed by atoms with Crippen molar-refractivity contribution in [3.05, 3.63) is 36.2 Å². The Labute approximate surface area is 193 Å². The fourth-order valence-corrected chi connectivity index (χ4v) is 5.24. The van der Waals surface area contributed by atoms with Gasteiger partial charge in [-0.15, -0.1) is 0 Å². The average molecular weight is 447 g/mol. The zero-order valence-corrected chi connectivity index (χ0v) is 18.7. The highest BCUT2D eigenvalue weighted by Gasteiger charge is 2.40. The molecule has 9 heteroatoms. The Morgan fingerprint density at radius 2 is 2.09 bits per heavy atom. The summed E-state index contributed by atoms with van der Waals surface area (Å²) >= 11 is 0. The zero-order chi connectivity index (χ0) is 22.8. The van der Waals surface area contributed by atoms with E-state index in [0.29, 0.717) is 55.1 Å². The quantitative estimate of drug-likeness (QED) is 0.435. The summed E-state index contributed by atoms with van der Waals surface area (Å²) in [4.78, 5) is 16.3. The molecule has 0 aromatic carbocycles. The Morgan fingerprint density at radius 3 is 2.79 bits per heavy atom. The predicted molar refractivity (Wildman–Crippen MR) is 128 cm³/mol. The maximum Gasteiger partial charge on any atom is 0.158 e. The summed E-state index contributed by atoms with van der Waals surface area (Å²) in [5, 5.41) is 13.6. The minimum absolute atomic E-state index is 0.205. The Balaban J connectivity index is 1.37. The molecule has 0 radical (unpaired) electrons. The summed E-state index contributed by atoms with van der Waals surface area (Å²) in [6.07, 6.45) is 8.55. The third-order valence-corrected chi connectivity index (χ3v) is 6.96. The van der Waals surface area contributed by atoms with Crippen molar-refractivity contribution < 1.29 is 4.74 Å². The van der Waals surface area contributed by atoms with Crippen LogP contribution in [0.15, 0.2) is 41.2 Å². The number of anilines is 1. The lowest BCUT2D eigenvalue weighted by molar-refractivity contribution is -0.0138. The molecule has 0 amide bonds. The van der Waals surface area contributed by atoms with E-state index in [1.807, 2.05) is 18.2 Å². The number of fused-ring (bicyclic) bond motifs is 3. The number of aliphatic imine (C=N–C) groups is 1. The number of amidine groups is 1. The third kappa shape index (κ3) is 4.63. The van der Waals surface area contributed by atoms with E-state index in [0.717, 1.165) is 36.1 Å². The molecular formula is C24H30N8O. The van der Waals surface area contributed by atoms with Crippen LogP contribution in [-0.2, 0) is 4.74 Å². The van der Waals surface area contributed by atoms with E-state index in [4.69, 9.17) is 26.5 Å². The second-order valence-corrected chi connectivity index (χ2v) is 9.16.